The molecule has 0 saturated carbocycles. The molecule has 0 aliphatic heterocycles. The number of aromatic nitrogens is 1. The van der Waals surface area contributed by atoms with Gasteiger partial charge in [0.15, 0.2) is 0 Å². The highest BCUT2D eigenvalue weighted by Gasteiger charge is 2.16. The SMILES string of the molecule is CCOC(CN)CC(=O)N(C)Cc1csc(C)n1. The molecule has 0 aromatic carbocycles. The van der Waals surface area contributed by atoms with Crippen LogP contribution in [-0.2, 0) is 16.1 Å². The van der Waals surface area contributed by atoms with Crippen LogP contribution in [0, 0.1) is 6.92 Å². The molecular formula is C12H21N3O2S. The summed E-state index contributed by atoms with van der Waals surface area (Å²) in [6, 6.07) is 0. The van der Waals surface area contributed by atoms with E-state index in [1.807, 2.05) is 19.2 Å². The fourth-order valence-electron chi connectivity index (χ4n) is 1.61. The summed E-state index contributed by atoms with van der Waals surface area (Å²) < 4.78 is 5.38. The van der Waals surface area contributed by atoms with Crippen LogP contribution in [0.5, 0.6) is 0 Å². The van der Waals surface area contributed by atoms with Crippen molar-refractivity contribution in [2.24, 2.45) is 5.73 Å². The number of nitrogens with zero attached hydrogens (tertiary/aromatic N) is 2. The van der Waals surface area contributed by atoms with E-state index in [1.54, 1.807) is 23.3 Å². The third-order valence-electron chi connectivity index (χ3n) is 2.56. The van der Waals surface area contributed by atoms with Gasteiger partial charge in [-0.2, -0.15) is 0 Å². The number of carbonyl (C=O) groups is 1. The molecule has 0 aliphatic carbocycles. The molecule has 1 unspecified atom stereocenters. The van der Waals surface area contributed by atoms with Gasteiger partial charge in [0, 0.05) is 25.6 Å². The number of hydrogen-bond donors (Lipinski definition) is 1. The molecule has 5 nitrogen and oxygen atoms in total. The van der Waals surface area contributed by atoms with Crippen molar-refractivity contribution in [2.75, 3.05) is 20.2 Å². The fourth-order valence-corrected chi connectivity index (χ4v) is 2.21. The number of carbonyl (C=O) groups excluding carboxylic acids is 1. The average Bonchev–Trinajstić information content (AvgIpc) is 2.73. The molecule has 0 fully saturated rings. The number of aryl methyl sites for hydroxylation is 1. The van der Waals surface area contributed by atoms with E-state index < -0.39 is 0 Å². The summed E-state index contributed by atoms with van der Waals surface area (Å²) in [5, 5.41) is 2.99. The van der Waals surface area contributed by atoms with Crippen LogP contribution >= 0.6 is 11.3 Å². The van der Waals surface area contributed by atoms with Crippen molar-refractivity contribution in [1.29, 1.82) is 0 Å². The van der Waals surface area contributed by atoms with Crippen molar-refractivity contribution in [1.82, 2.24) is 9.88 Å². The highest BCUT2D eigenvalue weighted by molar-refractivity contribution is 7.09. The van der Waals surface area contributed by atoms with Crippen LogP contribution < -0.4 is 5.73 Å². The van der Waals surface area contributed by atoms with E-state index in [4.69, 9.17) is 10.5 Å². The van der Waals surface area contributed by atoms with Crippen molar-refractivity contribution in [3.63, 3.8) is 0 Å². The summed E-state index contributed by atoms with van der Waals surface area (Å²) in [5.41, 5.74) is 6.48. The monoisotopic (exact) mass is 271 g/mol. The first-order valence-corrected chi connectivity index (χ1v) is 6.91. The molecule has 6 heteroatoms. The van der Waals surface area contributed by atoms with Crippen LogP contribution in [0.2, 0.25) is 0 Å². The van der Waals surface area contributed by atoms with E-state index in [-0.39, 0.29) is 12.0 Å². The zero-order valence-electron chi connectivity index (χ0n) is 11.2. The quantitative estimate of drug-likeness (QED) is 0.808. The summed E-state index contributed by atoms with van der Waals surface area (Å²) in [6.07, 6.45) is 0.131. The molecule has 0 bridgehead atoms. The molecule has 0 saturated heterocycles. The van der Waals surface area contributed by atoms with Gasteiger partial charge in [-0.05, 0) is 13.8 Å². The number of ether oxygens (including phenoxy) is 1. The lowest BCUT2D eigenvalue weighted by Gasteiger charge is -2.20. The van der Waals surface area contributed by atoms with E-state index in [2.05, 4.69) is 4.98 Å². The molecule has 1 rings (SSSR count). The summed E-state index contributed by atoms with van der Waals surface area (Å²) in [6.45, 7) is 5.32. The topological polar surface area (TPSA) is 68.5 Å². The van der Waals surface area contributed by atoms with Gasteiger partial charge in [-0.15, -0.1) is 11.3 Å². The van der Waals surface area contributed by atoms with Gasteiger partial charge in [0.1, 0.15) is 0 Å². The van der Waals surface area contributed by atoms with Gasteiger partial charge >= 0.3 is 0 Å². The van der Waals surface area contributed by atoms with E-state index in [0.717, 1.165) is 10.7 Å². The number of nitrogens with two attached hydrogens (primary N) is 1. The van der Waals surface area contributed by atoms with Gasteiger partial charge < -0.3 is 15.4 Å². The highest BCUT2D eigenvalue weighted by Crippen LogP contribution is 2.11. The smallest absolute Gasteiger partial charge is 0.225 e. The van der Waals surface area contributed by atoms with Crippen molar-refractivity contribution >= 4 is 17.2 Å². The molecule has 0 radical (unpaired) electrons. The Bertz CT molecular complexity index is 381. The van der Waals surface area contributed by atoms with Crippen LogP contribution in [0.15, 0.2) is 5.38 Å². The summed E-state index contributed by atoms with van der Waals surface area (Å²) in [7, 11) is 1.77. The first-order chi connectivity index (χ1) is 8.56. The minimum Gasteiger partial charge on any atom is -0.377 e. The Labute approximate surface area is 112 Å². The summed E-state index contributed by atoms with van der Waals surface area (Å²) in [5.74, 6) is 0.0320. The van der Waals surface area contributed by atoms with Crippen LogP contribution in [0.1, 0.15) is 24.0 Å². The van der Waals surface area contributed by atoms with E-state index >= 15 is 0 Å². The van der Waals surface area contributed by atoms with Crippen molar-refractivity contribution in [3.05, 3.63) is 16.1 Å². The largest absolute Gasteiger partial charge is 0.377 e. The Morgan fingerprint density at radius 1 is 1.67 bits per heavy atom. The van der Waals surface area contributed by atoms with Gasteiger partial charge in [-0.1, -0.05) is 0 Å². The molecule has 1 heterocycles. The Morgan fingerprint density at radius 3 is 2.89 bits per heavy atom. The van der Waals surface area contributed by atoms with Crippen LogP contribution in [0.3, 0.4) is 0 Å². The Kier molecular flexibility index (Phi) is 6.24. The Balaban J connectivity index is 2.45. The minimum absolute atomic E-state index is 0.0320. The molecular weight excluding hydrogens is 250 g/mol. The van der Waals surface area contributed by atoms with Crippen LogP contribution in [-0.4, -0.2) is 42.1 Å². The maximum Gasteiger partial charge on any atom is 0.225 e. The number of amides is 1. The first kappa shape index (κ1) is 15.1. The Hall–Kier alpha value is -0.980. The lowest BCUT2D eigenvalue weighted by Crippen LogP contribution is -2.34. The second-order valence-electron chi connectivity index (χ2n) is 4.12. The van der Waals surface area contributed by atoms with Crippen LogP contribution in [0.4, 0.5) is 0 Å². The van der Waals surface area contributed by atoms with Crippen molar-refractivity contribution in [3.8, 4) is 0 Å². The van der Waals surface area contributed by atoms with Gasteiger partial charge in [0.25, 0.3) is 0 Å². The number of thiazole rings is 1. The van der Waals surface area contributed by atoms with E-state index in [0.29, 0.717) is 26.1 Å². The normalized spacial score (nSPS) is 12.4. The van der Waals surface area contributed by atoms with E-state index in [1.165, 1.54) is 0 Å². The second-order valence-corrected chi connectivity index (χ2v) is 5.19. The molecule has 1 aromatic heterocycles. The number of hydrogen-bond acceptors (Lipinski definition) is 5. The van der Waals surface area contributed by atoms with Gasteiger partial charge in [0.05, 0.1) is 29.8 Å². The number of rotatable bonds is 7. The molecule has 102 valence electrons. The standard InChI is InChI=1S/C12H21N3O2S/c1-4-17-11(6-13)5-12(16)15(3)7-10-8-18-9(2)14-10/h8,11H,4-7,13H2,1-3H3. The van der Waals surface area contributed by atoms with Gasteiger partial charge in [-0.3, -0.25) is 4.79 Å². The maximum absolute atomic E-state index is 12.0. The molecule has 1 atom stereocenters. The lowest BCUT2D eigenvalue weighted by molar-refractivity contribution is -0.133. The highest BCUT2D eigenvalue weighted by atomic mass is 32.1. The Morgan fingerprint density at radius 2 is 2.39 bits per heavy atom. The molecule has 18 heavy (non-hydrogen) atoms. The molecule has 2 N–H and O–H groups in total. The summed E-state index contributed by atoms with van der Waals surface area (Å²) in [4.78, 5) is 18.0. The second kappa shape index (κ2) is 7.45. The van der Waals surface area contributed by atoms with Crippen molar-refractivity contribution in [2.45, 2.75) is 32.9 Å². The predicted molar refractivity (Wildman–Crippen MR) is 72.4 cm³/mol. The molecule has 0 aliphatic rings. The van der Waals surface area contributed by atoms with Crippen LogP contribution in [0.25, 0.3) is 0 Å². The lowest BCUT2D eigenvalue weighted by atomic mass is 10.2. The summed E-state index contributed by atoms with van der Waals surface area (Å²) >= 11 is 1.59. The average molecular weight is 271 g/mol. The van der Waals surface area contributed by atoms with Gasteiger partial charge in [0.2, 0.25) is 5.91 Å². The third-order valence-corrected chi connectivity index (χ3v) is 3.38. The molecule has 0 spiro atoms. The zero-order valence-corrected chi connectivity index (χ0v) is 12.0. The maximum atomic E-state index is 12.0. The molecule has 1 aromatic rings. The zero-order chi connectivity index (χ0) is 13.5. The van der Waals surface area contributed by atoms with Crippen molar-refractivity contribution < 1.29 is 9.53 Å². The van der Waals surface area contributed by atoms with Gasteiger partial charge in [-0.25, -0.2) is 4.98 Å². The van der Waals surface area contributed by atoms with E-state index in [9.17, 15) is 4.79 Å². The minimum atomic E-state index is -0.192. The predicted octanol–water partition coefficient (Wildman–Crippen LogP) is 1.16. The first-order valence-electron chi connectivity index (χ1n) is 6.03. The molecule has 1 amide bonds. The fraction of sp³-hybridized carbons (Fsp3) is 0.667. The third kappa shape index (κ3) is 4.72.